The van der Waals surface area contributed by atoms with Gasteiger partial charge in [-0.25, -0.2) is 0 Å². The molecule has 1 rings (SSSR count). The summed E-state index contributed by atoms with van der Waals surface area (Å²) >= 11 is 0. The van der Waals surface area contributed by atoms with Crippen LogP contribution in [-0.2, 0) is 0 Å². The lowest BCUT2D eigenvalue weighted by Crippen LogP contribution is -2.25. The summed E-state index contributed by atoms with van der Waals surface area (Å²) < 4.78 is 16.6. The van der Waals surface area contributed by atoms with Gasteiger partial charge >= 0.3 is 0 Å². The molecule has 0 atom stereocenters. The van der Waals surface area contributed by atoms with Crippen molar-refractivity contribution in [2.45, 2.75) is 66.2 Å². The van der Waals surface area contributed by atoms with Gasteiger partial charge in [0.25, 0.3) is 0 Å². The number of ether oxygens (including phenoxy) is 3. The van der Waals surface area contributed by atoms with E-state index in [4.69, 9.17) is 14.2 Å². The highest BCUT2D eigenvalue weighted by atomic mass is 28.3. The van der Waals surface area contributed by atoms with Gasteiger partial charge in [0.15, 0.2) is 11.5 Å². The number of benzene rings is 1. The highest BCUT2D eigenvalue weighted by Gasteiger charge is 2.18. The molecule has 0 aliphatic carbocycles. The van der Waals surface area contributed by atoms with Crippen LogP contribution in [0.3, 0.4) is 0 Å². The first-order valence-corrected chi connectivity index (χ1v) is 12.8. The summed E-state index contributed by atoms with van der Waals surface area (Å²) in [6.07, 6.45) is 0. The summed E-state index contributed by atoms with van der Waals surface area (Å²) in [5.41, 5.74) is 0. The van der Waals surface area contributed by atoms with Crippen molar-refractivity contribution in [3.63, 3.8) is 0 Å². The number of hydrogen-bond donors (Lipinski definition) is 0. The second kappa shape index (κ2) is 12.4. The molecule has 0 bridgehead atoms. The second-order valence-electron chi connectivity index (χ2n) is 5.94. The van der Waals surface area contributed by atoms with E-state index in [0.29, 0.717) is 31.3 Å². The van der Waals surface area contributed by atoms with Gasteiger partial charge in [0.1, 0.15) is 0 Å². The summed E-state index contributed by atoms with van der Waals surface area (Å²) in [5, 5.41) is 0.869. The Kier molecular flexibility index (Phi) is 11.9. The average molecular weight is 368 g/mol. The minimum Gasteiger partial charge on any atom is -0.490 e. The molecule has 0 unspecified atom stereocenters. The lowest BCUT2D eigenvalue weighted by Gasteiger charge is -2.20. The van der Waals surface area contributed by atoms with Crippen molar-refractivity contribution in [2.24, 2.45) is 0 Å². The van der Waals surface area contributed by atoms with Gasteiger partial charge in [-0.15, -0.1) is 0 Å². The molecular weight excluding hydrogens is 332 g/mol. The summed E-state index contributed by atoms with van der Waals surface area (Å²) in [7, 11) is 2.82. The molecule has 3 radical (unpaired) electrons. The zero-order chi connectivity index (χ0) is 18.6. The monoisotopic (exact) mass is 367 g/mol. The zero-order valence-electron chi connectivity index (χ0n) is 16.6. The number of hydrogen-bond acceptors (Lipinski definition) is 3. The minimum absolute atomic E-state index is 0.579. The zero-order valence-corrected chi connectivity index (χ0v) is 18.6. The van der Waals surface area contributed by atoms with Crippen LogP contribution in [0.5, 0.6) is 17.2 Å². The molecule has 0 amide bonds. The molecule has 0 spiro atoms. The van der Waals surface area contributed by atoms with Gasteiger partial charge in [0.2, 0.25) is 5.75 Å². The average Bonchev–Trinajstić information content (AvgIpc) is 2.60. The van der Waals surface area contributed by atoms with Crippen LogP contribution in [0, 0.1) is 0 Å². The van der Waals surface area contributed by atoms with Gasteiger partial charge in [0, 0.05) is 8.07 Å². The predicted molar refractivity (Wildman–Crippen MR) is 108 cm³/mol. The molecule has 0 aliphatic rings. The van der Waals surface area contributed by atoms with E-state index in [-0.39, 0.29) is 0 Å². The van der Waals surface area contributed by atoms with Crippen molar-refractivity contribution < 1.29 is 14.2 Å². The van der Waals surface area contributed by atoms with Gasteiger partial charge in [-0.2, -0.15) is 0 Å². The lowest BCUT2D eigenvalue weighted by molar-refractivity contribution is 0.262. The van der Waals surface area contributed by atoms with Crippen molar-refractivity contribution in [2.75, 3.05) is 19.8 Å². The lowest BCUT2D eigenvalue weighted by atomic mass is 10.3. The topological polar surface area (TPSA) is 27.7 Å². The van der Waals surface area contributed by atoms with Crippen LogP contribution < -0.4 is 19.4 Å². The molecule has 5 heteroatoms. The van der Waals surface area contributed by atoms with E-state index < -0.39 is 8.07 Å². The third-order valence-electron chi connectivity index (χ3n) is 4.51. The molecule has 137 valence electrons. The Bertz CT molecular complexity index is 452. The van der Waals surface area contributed by atoms with E-state index in [1.165, 1.54) is 18.1 Å². The Balaban J connectivity index is 0.000000561. The standard InChI is InChI=1S/C12H17O3Si.C7H18Si/c1-4-13-9-7-8-10(16)12(15-6-3)11(9)14-5-2;1-5-8(4,6-2)7-3/h7-8H,4-6H2,1-3H3;5-7H2,1-4H3. The van der Waals surface area contributed by atoms with E-state index in [1.54, 1.807) is 0 Å². The molecule has 0 saturated carbocycles. The van der Waals surface area contributed by atoms with Crippen LogP contribution >= 0.6 is 0 Å². The van der Waals surface area contributed by atoms with Crippen LogP contribution in [0.1, 0.15) is 41.5 Å². The maximum Gasteiger partial charge on any atom is 0.203 e. The van der Waals surface area contributed by atoms with Crippen molar-refractivity contribution in [3.8, 4) is 17.2 Å². The Morgan fingerprint density at radius 1 is 0.750 bits per heavy atom. The fourth-order valence-corrected chi connectivity index (χ4v) is 3.90. The normalized spacial score (nSPS) is 10.7. The fourth-order valence-electron chi connectivity index (χ4n) is 2.13. The first-order valence-electron chi connectivity index (χ1n) is 9.19. The van der Waals surface area contributed by atoms with E-state index in [2.05, 4.69) is 37.6 Å². The third kappa shape index (κ3) is 7.30. The van der Waals surface area contributed by atoms with E-state index >= 15 is 0 Å². The highest BCUT2D eigenvalue weighted by Crippen LogP contribution is 2.35. The molecule has 0 heterocycles. The quantitative estimate of drug-likeness (QED) is 0.587. The first kappa shape index (κ1) is 23.1. The third-order valence-corrected chi connectivity index (χ3v) is 10.0. The Morgan fingerprint density at radius 3 is 1.58 bits per heavy atom. The van der Waals surface area contributed by atoms with Gasteiger partial charge in [-0.1, -0.05) is 51.5 Å². The smallest absolute Gasteiger partial charge is 0.203 e. The summed E-state index contributed by atoms with van der Waals surface area (Å²) in [6, 6.07) is 8.15. The van der Waals surface area contributed by atoms with Gasteiger partial charge in [-0.3, -0.25) is 0 Å². The van der Waals surface area contributed by atoms with Crippen molar-refractivity contribution in [3.05, 3.63) is 12.1 Å². The van der Waals surface area contributed by atoms with Crippen LogP contribution in [0.25, 0.3) is 0 Å². The Morgan fingerprint density at radius 2 is 1.21 bits per heavy atom. The maximum atomic E-state index is 5.57. The number of rotatable bonds is 9. The van der Waals surface area contributed by atoms with Crippen molar-refractivity contribution in [1.29, 1.82) is 0 Å². The Labute approximate surface area is 153 Å². The van der Waals surface area contributed by atoms with Gasteiger partial charge in [0.05, 0.1) is 30.1 Å². The molecule has 0 aliphatic heterocycles. The second-order valence-corrected chi connectivity index (χ2v) is 12.2. The van der Waals surface area contributed by atoms with E-state index in [0.717, 1.165) is 10.9 Å². The van der Waals surface area contributed by atoms with Crippen LogP contribution in [-0.4, -0.2) is 38.1 Å². The fraction of sp³-hybridized carbons (Fsp3) is 0.684. The molecule has 0 N–H and O–H groups in total. The predicted octanol–water partition coefficient (Wildman–Crippen LogP) is 4.80. The SMILES string of the molecule is CCOc1ccc([Si])c(OCC)c1OCC.CC[Si](C)(CC)CC. The minimum atomic E-state index is -0.671. The van der Waals surface area contributed by atoms with Crippen molar-refractivity contribution in [1.82, 2.24) is 0 Å². The summed E-state index contributed by atoms with van der Waals surface area (Å²) in [5.74, 6) is 2.08. The van der Waals surface area contributed by atoms with Gasteiger partial charge in [-0.05, 0) is 32.0 Å². The van der Waals surface area contributed by atoms with Crippen LogP contribution in [0.15, 0.2) is 12.1 Å². The molecule has 1 aromatic carbocycles. The molecule has 0 fully saturated rings. The molecule has 3 nitrogen and oxygen atoms in total. The molecule has 0 aromatic heterocycles. The summed E-state index contributed by atoms with van der Waals surface area (Å²) in [4.78, 5) is 0. The van der Waals surface area contributed by atoms with Crippen LogP contribution in [0.4, 0.5) is 0 Å². The summed E-state index contributed by atoms with van der Waals surface area (Å²) in [6.45, 7) is 17.1. The highest BCUT2D eigenvalue weighted by molar-refractivity contribution is 6.78. The van der Waals surface area contributed by atoms with Gasteiger partial charge < -0.3 is 14.2 Å². The van der Waals surface area contributed by atoms with Crippen molar-refractivity contribution >= 4 is 23.5 Å². The first-order chi connectivity index (χ1) is 11.4. The largest absolute Gasteiger partial charge is 0.490 e. The maximum absolute atomic E-state index is 5.57. The van der Waals surface area contributed by atoms with E-state index in [1.807, 2.05) is 32.9 Å². The molecule has 1 aromatic rings. The molecule has 0 saturated heterocycles. The molecule has 24 heavy (non-hydrogen) atoms. The molecular formula is C19H35O3Si2. The van der Waals surface area contributed by atoms with Crippen LogP contribution in [0.2, 0.25) is 24.7 Å². The van der Waals surface area contributed by atoms with E-state index in [9.17, 15) is 0 Å². The Hall–Kier alpha value is -0.946.